The lowest BCUT2D eigenvalue weighted by molar-refractivity contribution is 1.28. The lowest BCUT2D eigenvalue weighted by Gasteiger charge is -2.26. The summed E-state index contributed by atoms with van der Waals surface area (Å²) in [5.74, 6) is 0. The van der Waals surface area contributed by atoms with E-state index in [0.717, 1.165) is 43.5 Å². The van der Waals surface area contributed by atoms with E-state index in [9.17, 15) is 10.5 Å². The molecule has 320 valence electrons. The number of nitriles is 2. The third-order valence-electron chi connectivity index (χ3n) is 11.2. The summed E-state index contributed by atoms with van der Waals surface area (Å²) in [6.45, 7) is 15.6. The molecule has 0 saturated carbocycles. The number of hydrogen-bond donors (Lipinski definition) is 0. The van der Waals surface area contributed by atoms with Crippen molar-refractivity contribution < 1.29 is 0 Å². The number of anilines is 3. The molecule has 0 N–H and O–H groups in total. The third kappa shape index (κ3) is 9.03. The molecule has 1 aliphatic carbocycles. The van der Waals surface area contributed by atoms with Crippen LogP contribution in [0.4, 0.5) is 17.1 Å². The maximum absolute atomic E-state index is 10.0. The summed E-state index contributed by atoms with van der Waals surface area (Å²) in [5, 5.41) is 24.2. The Morgan fingerprint density at radius 1 is 0.441 bits per heavy atom. The van der Waals surface area contributed by atoms with Gasteiger partial charge in [0.05, 0.1) is 25.3 Å². The molecule has 0 unspecified atom stereocenters. The zero-order valence-electron chi connectivity index (χ0n) is 35.8. The van der Waals surface area contributed by atoms with Crippen molar-refractivity contribution in [1.29, 1.82) is 10.5 Å². The van der Waals surface area contributed by atoms with Gasteiger partial charge in [0.25, 0.3) is 11.4 Å². The predicted octanol–water partition coefficient (Wildman–Crippen LogP) is 18.2. The molecule has 0 atom stereocenters. The number of thiophene rings is 5. The molecule has 9 aromatic rings. The van der Waals surface area contributed by atoms with Crippen molar-refractivity contribution in [3.63, 3.8) is 0 Å². The highest BCUT2D eigenvalue weighted by Gasteiger charge is 2.31. The average molecular weight is 960 g/mol. The Bertz CT molecular complexity index is 3410. The predicted molar refractivity (Wildman–Crippen MR) is 290 cm³/mol. The monoisotopic (exact) mass is 959 g/mol. The van der Waals surface area contributed by atoms with E-state index in [1.54, 1.807) is 56.7 Å². The maximum Gasteiger partial charge on any atom is 0.270 e. The van der Waals surface area contributed by atoms with Gasteiger partial charge in [-0.3, -0.25) is 0 Å². The first-order chi connectivity index (χ1) is 33.5. The van der Waals surface area contributed by atoms with Gasteiger partial charge >= 0.3 is 0 Å². The van der Waals surface area contributed by atoms with Crippen molar-refractivity contribution in [2.45, 2.75) is 0 Å². The molecule has 5 nitrogen and oxygen atoms in total. The fraction of sp³-hybridized carbons (Fsp3) is 0. The van der Waals surface area contributed by atoms with Gasteiger partial charge in [0.2, 0.25) is 0 Å². The Kier molecular flexibility index (Phi) is 12.7. The summed E-state index contributed by atoms with van der Waals surface area (Å²) < 4.78 is 0. The fourth-order valence-electron chi connectivity index (χ4n) is 8.06. The smallest absolute Gasteiger partial charge is 0.270 e. The molecule has 10 heteroatoms. The van der Waals surface area contributed by atoms with Crippen LogP contribution >= 0.6 is 56.7 Å². The van der Waals surface area contributed by atoms with Crippen molar-refractivity contribution in [1.82, 2.24) is 0 Å². The van der Waals surface area contributed by atoms with Gasteiger partial charge in [-0.1, -0.05) is 72.8 Å². The molecule has 0 spiro atoms. The first kappa shape index (κ1) is 43.7. The molecule has 5 heterocycles. The van der Waals surface area contributed by atoms with Crippen LogP contribution in [0.2, 0.25) is 0 Å². The zero-order valence-corrected chi connectivity index (χ0v) is 39.9. The highest BCUT2D eigenvalue weighted by Crippen LogP contribution is 2.50. The van der Waals surface area contributed by atoms with Crippen molar-refractivity contribution in [2.24, 2.45) is 0 Å². The lowest BCUT2D eigenvalue weighted by atomic mass is 9.99. The van der Waals surface area contributed by atoms with Crippen molar-refractivity contribution in [3.05, 3.63) is 244 Å². The second-order valence-electron chi connectivity index (χ2n) is 15.3. The van der Waals surface area contributed by atoms with E-state index in [4.69, 9.17) is 13.1 Å². The fourth-order valence-corrected chi connectivity index (χ4v) is 12.1. The summed E-state index contributed by atoms with van der Waals surface area (Å²) in [7, 11) is 0. The van der Waals surface area contributed by atoms with Gasteiger partial charge in [-0.25, -0.2) is 20.2 Å². The molecule has 5 aromatic heterocycles. The minimum absolute atomic E-state index is 0.0840. The van der Waals surface area contributed by atoms with Crippen LogP contribution in [-0.2, 0) is 0 Å². The minimum Gasteiger partial charge on any atom is -0.311 e. The lowest BCUT2D eigenvalue weighted by Crippen LogP contribution is -2.09. The molecule has 0 amide bonds. The normalized spacial score (nSPS) is 13.4. The van der Waals surface area contributed by atoms with Crippen LogP contribution < -0.4 is 4.90 Å². The second kappa shape index (κ2) is 19.7. The molecule has 4 aromatic carbocycles. The van der Waals surface area contributed by atoms with E-state index in [1.807, 2.05) is 36.4 Å². The number of allylic oxidation sites excluding steroid dienone is 5. The van der Waals surface area contributed by atoms with E-state index in [-0.39, 0.29) is 11.4 Å². The molecule has 0 aliphatic heterocycles. The zero-order chi connectivity index (χ0) is 46.4. The van der Waals surface area contributed by atoms with E-state index in [1.165, 1.54) is 29.3 Å². The van der Waals surface area contributed by atoms with Gasteiger partial charge < -0.3 is 4.90 Å². The van der Waals surface area contributed by atoms with E-state index in [2.05, 4.69) is 189 Å². The average Bonchev–Trinajstić information content (AvgIpc) is 4.26. The molecule has 0 fully saturated rings. The highest BCUT2D eigenvalue weighted by atomic mass is 32.1. The van der Waals surface area contributed by atoms with E-state index < -0.39 is 0 Å². The van der Waals surface area contributed by atoms with E-state index in [0.29, 0.717) is 27.8 Å². The quantitative estimate of drug-likeness (QED) is 0.0958. The number of nitrogens with zero attached hydrogens (tertiary/aromatic N) is 5. The van der Waals surface area contributed by atoms with Crippen molar-refractivity contribution in [3.8, 4) is 43.5 Å². The van der Waals surface area contributed by atoms with Crippen LogP contribution in [0.1, 0.15) is 35.5 Å². The van der Waals surface area contributed by atoms with E-state index >= 15 is 0 Å². The van der Waals surface area contributed by atoms with Gasteiger partial charge in [-0.2, -0.15) is 0 Å². The molecule has 0 radical (unpaired) electrons. The van der Waals surface area contributed by atoms with Gasteiger partial charge in [0, 0.05) is 67.2 Å². The number of hydrogen-bond acceptors (Lipinski definition) is 8. The van der Waals surface area contributed by atoms with Crippen LogP contribution in [0, 0.1) is 35.8 Å². The van der Waals surface area contributed by atoms with Crippen molar-refractivity contribution in [2.75, 3.05) is 4.90 Å². The van der Waals surface area contributed by atoms with Crippen molar-refractivity contribution >= 4 is 115 Å². The van der Waals surface area contributed by atoms with Gasteiger partial charge in [0.15, 0.2) is 0 Å². The molecular weight excluding hydrogens is 927 g/mol. The number of fused-ring (bicyclic) bond motifs is 1. The first-order valence-electron chi connectivity index (χ1n) is 21.2. The van der Waals surface area contributed by atoms with Crippen LogP contribution in [0.25, 0.3) is 82.5 Å². The summed E-state index contributed by atoms with van der Waals surface area (Å²) in [5.41, 5.74) is 8.97. The maximum atomic E-state index is 10.0. The van der Waals surface area contributed by atoms with Crippen LogP contribution in [0.3, 0.4) is 0 Å². The molecule has 10 rings (SSSR count). The Hall–Kier alpha value is -8.16. The summed E-state index contributed by atoms with van der Waals surface area (Å²) in [6, 6.07) is 58.7. The van der Waals surface area contributed by atoms with Gasteiger partial charge in [0.1, 0.15) is 0 Å². The topological polar surface area (TPSA) is 59.5 Å². The summed E-state index contributed by atoms with van der Waals surface area (Å²) in [6.07, 6.45) is 10.6. The summed E-state index contributed by atoms with van der Waals surface area (Å²) >= 11 is 8.58. The third-order valence-corrected chi connectivity index (χ3v) is 16.2. The number of benzene rings is 4. The minimum atomic E-state index is -0.0840. The first-order valence-corrected chi connectivity index (χ1v) is 25.4. The highest BCUT2D eigenvalue weighted by molar-refractivity contribution is 7.17. The van der Waals surface area contributed by atoms with Gasteiger partial charge in [-0.05, 0) is 159 Å². The summed E-state index contributed by atoms with van der Waals surface area (Å²) in [4.78, 5) is 18.6. The molecule has 0 bridgehead atoms. The van der Waals surface area contributed by atoms with Crippen LogP contribution in [-0.4, -0.2) is 0 Å². The molecular formula is C58H33N5S5. The number of rotatable bonds is 11. The molecule has 0 saturated heterocycles. The van der Waals surface area contributed by atoms with Gasteiger partial charge in [-0.15, -0.1) is 56.7 Å². The Morgan fingerprint density at radius 2 is 0.824 bits per heavy atom. The SMILES string of the molecule is [C-]#[N+]/C(C#N)=C1\C(=Cc2ccc(-c3ccc(N(c4ccc(-c5ccc(/C=C/c6cccs6)s5)cc4)c4ccc(-c5ccc(/C=C/c6cccs6)s5)cc4)cc3)s2)/C(=C(/C#N)[N+]#[C-])c2ccccc21. The van der Waals surface area contributed by atoms with Crippen LogP contribution in [0.15, 0.2) is 185 Å². The van der Waals surface area contributed by atoms with Crippen LogP contribution in [0.5, 0.6) is 0 Å². The Balaban J connectivity index is 0.967. The largest absolute Gasteiger partial charge is 0.311 e. The standard InChI is InChI=1S/C58H33N5S5/c1-61-52(36-59)57-49-9-3-4-10-50(49)58(53(37-60)62-2)51(57)35-48-29-32-56(68-48)40-15-21-43(22-16-40)63(41-17-11-38(12-18-41)54-30-27-46(66-54)25-23-44-7-5-33-64-44)42-19-13-39(14-20-42)55-31-28-47(67-55)26-24-45-8-6-34-65-45/h3-35H/b25-23+,26-24+,57-52-,58-53-. The Morgan fingerprint density at radius 3 is 1.19 bits per heavy atom. The molecule has 68 heavy (non-hydrogen) atoms. The molecule has 1 aliphatic rings. The Labute approximate surface area is 414 Å². The second-order valence-corrected chi connectivity index (χ2v) is 20.6.